The van der Waals surface area contributed by atoms with Crippen LogP contribution in [0.3, 0.4) is 0 Å². The normalized spacial score (nSPS) is 14.5. The van der Waals surface area contributed by atoms with Crippen molar-refractivity contribution in [1.82, 2.24) is 5.32 Å². The van der Waals surface area contributed by atoms with E-state index in [4.69, 9.17) is 11.6 Å². The molecule has 0 aliphatic heterocycles. The van der Waals surface area contributed by atoms with Crippen LogP contribution in [0.2, 0.25) is 5.02 Å². The summed E-state index contributed by atoms with van der Waals surface area (Å²) in [7, 11) is -3.50. The Morgan fingerprint density at radius 3 is 2.57 bits per heavy atom. The van der Waals surface area contributed by atoms with Crippen LogP contribution in [0.15, 0.2) is 23.1 Å². The molecule has 2 atom stereocenters. The van der Waals surface area contributed by atoms with Gasteiger partial charge in [0.2, 0.25) is 0 Å². The topological polar surface area (TPSA) is 83.5 Å². The number of carbonyl (C=O) groups is 1. The Labute approximate surface area is 134 Å². The van der Waals surface area contributed by atoms with Gasteiger partial charge in [-0.2, -0.15) is 11.8 Å². The molecule has 1 amide bonds. The highest BCUT2D eigenvalue weighted by Gasteiger charge is 2.20. The molecule has 21 heavy (non-hydrogen) atoms. The first-order valence-corrected chi connectivity index (χ1v) is 9.70. The molecule has 1 aromatic carbocycles. The fraction of sp³-hybridized carbons (Fsp3) is 0.462. The van der Waals surface area contributed by atoms with Crippen molar-refractivity contribution in [3.05, 3.63) is 28.8 Å². The van der Waals surface area contributed by atoms with Crippen molar-refractivity contribution in [1.29, 1.82) is 0 Å². The second-order valence-electron chi connectivity index (χ2n) is 4.64. The number of rotatable bonds is 6. The van der Waals surface area contributed by atoms with Gasteiger partial charge in [0.25, 0.3) is 5.91 Å². The molecule has 118 valence electrons. The van der Waals surface area contributed by atoms with Crippen molar-refractivity contribution in [3.63, 3.8) is 0 Å². The van der Waals surface area contributed by atoms with Crippen molar-refractivity contribution in [3.8, 4) is 0 Å². The summed E-state index contributed by atoms with van der Waals surface area (Å²) in [5, 5.41) is 11.9. The van der Waals surface area contributed by atoms with Gasteiger partial charge in [-0.15, -0.1) is 0 Å². The fourth-order valence-electron chi connectivity index (χ4n) is 1.75. The van der Waals surface area contributed by atoms with Crippen LogP contribution >= 0.6 is 23.4 Å². The zero-order valence-electron chi connectivity index (χ0n) is 12.0. The monoisotopic (exact) mass is 351 g/mol. The number of amides is 1. The van der Waals surface area contributed by atoms with Gasteiger partial charge in [0, 0.05) is 23.1 Å². The SMILES string of the molecule is CSC(CO)C(C)NC(=O)c1ccc(Cl)c(S(C)(=O)=O)c1. The maximum atomic E-state index is 12.1. The van der Waals surface area contributed by atoms with E-state index in [2.05, 4.69) is 5.32 Å². The number of hydrogen-bond donors (Lipinski definition) is 2. The molecular formula is C13H18ClNO4S2. The van der Waals surface area contributed by atoms with E-state index < -0.39 is 15.7 Å². The fourth-order valence-corrected chi connectivity index (χ4v) is 3.68. The van der Waals surface area contributed by atoms with Crippen molar-refractivity contribution in [2.75, 3.05) is 19.1 Å². The van der Waals surface area contributed by atoms with Gasteiger partial charge >= 0.3 is 0 Å². The highest BCUT2D eigenvalue weighted by molar-refractivity contribution is 7.99. The Bertz CT molecular complexity index is 615. The third-order valence-electron chi connectivity index (χ3n) is 2.99. The molecule has 2 unspecified atom stereocenters. The molecule has 0 bridgehead atoms. The molecule has 0 heterocycles. The molecule has 0 aliphatic rings. The van der Waals surface area contributed by atoms with E-state index in [1.54, 1.807) is 6.92 Å². The summed E-state index contributed by atoms with van der Waals surface area (Å²) in [6.07, 6.45) is 2.88. The van der Waals surface area contributed by atoms with Crippen molar-refractivity contribution < 1.29 is 18.3 Å². The second kappa shape index (κ2) is 7.49. The largest absolute Gasteiger partial charge is 0.395 e. The molecule has 0 radical (unpaired) electrons. The number of hydrogen-bond acceptors (Lipinski definition) is 5. The van der Waals surface area contributed by atoms with Gasteiger partial charge in [-0.3, -0.25) is 4.79 Å². The Morgan fingerprint density at radius 2 is 2.10 bits per heavy atom. The molecular weight excluding hydrogens is 334 g/mol. The molecule has 0 aromatic heterocycles. The summed E-state index contributed by atoms with van der Waals surface area (Å²) < 4.78 is 23.2. The highest BCUT2D eigenvalue weighted by Crippen LogP contribution is 2.22. The van der Waals surface area contributed by atoms with Crippen LogP contribution in [-0.4, -0.2) is 49.8 Å². The first-order chi connectivity index (χ1) is 9.70. The van der Waals surface area contributed by atoms with E-state index in [1.165, 1.54) is 30.0 Å². The number of thioether (sulfide) groups is 1. The quantitative estimate of drug-likeness (QED) is 0.813. The van der Waals surface area contributed by atoms with E-state index >= 15 is 0 Å². The third kappa shape index (κ3) is 4.88. The van der Waals surface area contributed by atoms with E-state index in [9.17, 15) is 18.3 Å². The maximum absolute atomic E-state index is 12.1. The van der Waals surface area contributed by atoms with E-state index in [0.29, 0.717) is 0 Å². The molecule has 2 N–H and O–H groups in total. The summed E-state index contributed by atoms with van der Waals surface area (Å²) in [4.78, 5) is 12.1. The standard InChI is InChI=1S/C13H18ClNO4S2/c1-8(11(7-16)20-2)15-13(17)9-4-5-10(14)12(6-9)21(3,18)19/h4-6,8,11,16H,7H2,1-3H3,(H,15,17). The number of nitrogens with one attached hydrogen (secondary N) is 1. The third-order valence-corrected chi connectivity index (χ3v) is 5.73. The van der Waals surface area contributed by atoms with Crippen LogP contribution in [0, 0.1) is 0 Å². The van der Waals surface area contributed by atoms with Crippen molar-refractivity contribution in [2.45, 2.75) is 23.1 Å². The lowest BCUT2D eigenvalue weighted by Crippen LogP contribution is -2.41. The minimum Gasteiger partial charge on any atom is -0.395 e. The zero-order valence-corrected chi connectivity index (χ0v) is 14.3. The van der Waals surface area contributed by atoms with E-state index in [1.807, 2.05) is 6.26 Å². The first-order valence-electron chi connectivity index (χ1n) is 6.14. The average molecular weight is 352 g/mol. The number of aliphatic hydroxyl groups is 1. The van der Waals surface area contributed by atoms with Gasteiger partial charge in [-0.1, -0.05) is 11.6 Å². The smallest absolute Gasteiger partial charge is 0.251 e. The molecule has 0 spiro atoms. The lowest BCUT2D eigenvalue weighted by molar-refractivity contribution is 0.0935. The number of sulfone groups is 1. The summed E-state index contributed by atoms with van der Waals surface area (Å²) in [6, 6.07) is 3.85. The Kier molecular flexibility index (Phi) is 6.52. The summed E-state index contributed by atoms with van der Waals surface area (Å²) in [6.45, 7) is 1.72. The predicted molar refractivity (Wildman–Crippen MR) is 85.9 cm³/mol. The lowest BCUT2D eigenvalue weighted by Gasteiger charge is -2.21. The van der Waals surface area contributed by atoms with Crippen LogP contribution in [0.4, 0.5) is 0 Å². The average Bonchev–Trinajstić information content (AvgIpc) is 2.39. The number of aliphatic hydroxyl groups excluding tert-OH is 1. The lowest BCUT2D eigenvalue weighted by atomic mass is 10.2. The van der Waals surface area contributed by atoms with Crippen LogP contribution in [0.5, 0.6) is 0 Å². The van der Waals surface area contributed by atoms with Gasteiger partial charge in [0.1, 0.15) is 0 Å². The molecule has 0 fully saturated rings. The van der Waals surface area contributed by atoms with Crippen LogP contribution in [0.1, 0.15) is 17.3 Å². The zero-order chi connectivity index (χ0) is 16.2. The number of halogens is 1. The maximum Gasteiger partial charge on any atom is 0.251 e. The Morgan fingerprint density at radius 1 is 1.48 bits per heavy atom. The molecule has 5 nitrogen and oxygen atoms in total. The van der Waals surface area contributed by atoms with Gasteiger partial charge < -0.3 is 10.4 Å². The predicted octanol–water partition coefficient (Wildman–Crippen LogP) is 1.59. The first kappa shape index (κ1) is 18.3. The number of benzene rings is 1. The van der Waals surface area contributed by atoms with Crippen LogP contribution < -0.4 is 5.32 Å². The molecule has 0 saturated heterocycles. The molecule has 8 heteroatoms. The summed E-state index contributed by atoms with van der Waals surface area (Å²) in [5.74, 6) is -0.406. The molecule has 0 aliphatic carbocycles. The minimum atomic E-state index is -3.50. The van der Waals surface area contributed by atoms with Gasteiger partial charge in [-0.05, 0) is 31.4 Å². The van der Waals surface area contributed by atoms with E-state index in [0.717, 1.165) is 6.26 Å². The Balaban J connectivity index is 2.99. The summed E-state index contributed by atoms with van der Waals surface area (Å²) in [5.41, 5.74) is 0.212. The van der Waals surface area contributed by atoms with Gasteiger partial charge in [-0.25, -0.2) is 8.42 Å². The van der Waals surface area contributed by atoms with Gasteiger partial charge in [0.05, 0.1) is 16.5 Å². The van der Waals surface area contributed by atoms with Crippen molar-refractivity contribution in [2.24, 2.45) is 0 Å². The van der Waals surface area contributed by atoms with E-state index in [-0.39, 0.29) is 33.4 Å². The molecule has 0 saturated carbocycles. The Hall–Kier alpha value is -0.760. The number of carbonyl (C=O) groups excluding carboxylic acids is 1. The molecule has 1 rings (SSSR count). The van der Waals surface area contributed by atoms with Gasteiger partial charge in [0.15, 0.2) is 9.84 Å². The van der Waals surface area contributed by atoms with Crippen LogP contribution in [0.25, 0.3) is 0 Å². The minimum absolute atomic E-state index is 0.0577. The van der Waals surface area contributed by atoms with Crippen molar-refractivity contribution >= 4 is 39.1 Å². The van der Waals surface area contributed by atoms with Crippen LogP contribution in [-0.2, 0) is 9.84 Å². The highest BCUT2D eigenvalue weighted by atomic mass is 35.5. The summed E-state index contributed by atoms with van der Waals surface area (Å²) >= 11 is 7.28. The molecule has 1 aromatic rings. The second-order valence-corrected chi connectivity index (χ2v) is 8.10.